The van der Waals surface area contributed by atoms with Gasteiger partial charge < -0.3 is 14.4 Å². The lowest BCUT2D eigenvalue weighted by Crippen LogP contribution is -2.48. The highest BCUT2D eigenvalue weighted by atomic mass is 16.7. The molecular formula is C10H21NO2. The molecule has 13 heavy (non-hydrogen) atoms. The minimum atomic E-state index is -0.314. The highest BCUT2D eigenvalue weighted by Crippen LogP contribution is 2.26. The van der Waals surface area contributed by atoms with Crippen LogP contribution in [0.25, 0.3) is 0 Å². The van der Waals surface area contributed by atoms with Gasteiger partial charge in [-0.25, -0.2) is 0 Å². The molecule has 0 spiro atoms. The van der Waals surface area contributed by atoms with Gasteiger partial charge in [0.05, 0.1) is 0 Å². The fourth-order valence-corrected chi connectivity index (χ4v) is 1.87. The van der Waals surface area contributed by atoms with Crippen molar-refractivity contribution in [2.24, 2.45) is 0 Å². The number of ether oxygens (including phenoxy) is 2. The van der Waals surface area contributed by atoms with Crippen molar-refractivity contribution in [2.75, 3.05) is 27.3 Å². The lowest BCUT2D eigenvalue weighted by molar-refractivity contribution is -0.230. The molecule has 0 aromatic rings. The predicted molar refractivity (Wildman–Crippen MR) is 52.7 cm³/mol. The van der Waals surface area contributed by atoms with Crippen LogP contribution in [0.3, 0.4) is 0 Å². The van der Waals surface area contributed by atoms with Crippen molar-refractivity contribution in [3.05, 3.63) is 0 Å². The smallest absolute Gasteiger partial charge is 0.169 e. The van der Waals surface area contributed by atoms with Crippen molar-refractivity contribution in [1.82, 2.24) is 4.90 Å². The van der Waals surface area contributed by atoms with Crippen molar-refractivity contribution < 1.29 is 9.47 Å². The average molecular weight is 187 g/mol. The summed E-state index contributed by atoms with van der Waals surface area (Å²) in [5.41, 5.74) is 0. The van der Waals surface area contributed by atoms with E-state index in [1.54, 1.807) is 14.2 Å². The van der Waals surface area contributed by atoms with E-state index in [0.717, 1.165) is 25.9 Å². The molecule has 0 aromatic heterocycles. The van der Waals surface area contributed by atoms with Crippen LogP contribution < -0.4 is 0 Å². The van der Waals surface area contributed by atoms with Crippen LogP contribution in [0.4, 0.5) is 0 Å². The molecule has 3 nitrogen and oxygen atoms in total. The monoisotopic (exact) mass is 187 g/mol. The van der Waals surface area contributed by atoms with Gasteiger partial charge in [0.15, 0.2) is 5.79 Å². The first-order valence-electron chi connectivity index (χ1n) is 4.98. The van der Waals surface area contributed by atoms with Gasteiger partial charge in [-0.05, 0) is 13.8 Å². The molecule has 0 aliphatic carbocycles. The number of nitrogens with zero attached hydrogens (tertiary/aromatic N) is 1. The predicted octanol–water partition coefficient (Wildman–Crippen LogP) is 1.48. The molecule has 3 heteroatoms. The van der Waals surface area contributed by atoms with E-state index in [4.69, 9.17) is 9.47 Å². The Morgan fingerprint density at radius 1 is 1.08 bits per heavy atom. The van der Waals surface area contributed by atoms with Gasteiger partial charge in [-0.1, -0.05) is 0 Å². The van der Waals surface area contributed by atoms with Crippen LogP contribution in [-0.2, 0) is 9.47 Å². The van der Waals surface area contributed by atoms with E-state index in [2.05, 4.69) is 18.7 Å². The summed E-state index contributed by atoms with van der Waals surface area (Å²) in [7, 11) is 3.46. The quantitative estimate of drug-likeness (QED) is 0.625. The zero-order valence-electron chi connectivity index (χ0n) is 9.17. The SMILES string of the molecule is COC1(OC)CCN(C(C)C)CC1. The second kappa shape index (κ2) is 4.40. The Balaban J connectivity index is 2.45. The number of methoxy groups -OCH3 is 2. The van der Waals surface area contributed by atoms with Crippen LogP contribution in [0.5, 0.6) is 0 Å². The number of hydrogen-bond donors (Lipinski definition) is 0. The summed E-state index contributed by atoms with van der Waals surface area (Å²) in [6.45, 7) is 6.60. The second-order valence-corrected chi connectivity index (χ2v) is 3.95. The van der Waals surface area contributed by atoms with Gasteiger partial charge in [0, 0.05) is 46.2 Å². The third-order valence-corrected chi connectivity index (χ3v) is 3.03. The maximum Gasteiger partial charge on any atom is 0.169 e. The molecule has 0 atom stereocenters. The van der Waals surface area contributed by atoms with Gasteiger partial charge in [0.25, 0.3) is 0 Å². The van der Waals surface area contributed by atoms with E-state index in [9.17, 15) is 0 Å². The van der Waals surface area contributed by atoms with Gasteiger partial charge in [-0.2, -0.15) is 0 Å². The van der Waals surface area contributed by atoms with Crippen molar-refractivity contribution in [3.8, 4) is 0 Å². The van der Waals surface area contributed by atoms with Crippen LogP contribution in [0.15, 0.2) is 0 Å². The zero-order valence-corrected chi connectivity index (χ0v) is 9.17. The fraction of sp³-hybridized carbons (Fsp3) is 1.00. The summed E-state index contributed by atoms with van der Waals surface area (Å²) < 4.78 is 10.8. The second-order valence-electron chi connectivity index (χ2n) is 3.95. The molecule has 1 rings (SSSR count). The summed E-state index contributed by atoms with van der Waals surface area (Å²) in [6, 6.07) is 0.631. The number of rotatable bonds is 3. The number of likely N-dealkylation sites (tertiary alicyclic amines) is 1. The first kappa shape index (κ1) is 11.0. The van der Waals surface area contributed by atoms with Crippen molar-refractivity contribution in [3.63, 3.8) is 0 Å². The zero-order chi connectivity index (χ0) is 9.90. The van der Waals surface area contributed by atoms with Crippen LogP contribution in [0.1, 0.15) is 26.7 Å². The Hall–Kier alpha value is -0.120. The lowest BCUT2D eigenvalue weighted by atomic mass is 10.0. The minimum Gasteiger partial charge on any atom is -0.353 e. The van der Waals surface area contributed by atoms with Gasteiger partial charge >= 0.3 is 0 Å². The van der Waals surface area contributed by atoms with Gasteiger partial charge in [-0.15, -0.1) is 0 Å². The molecule has 0 saturated carbocycles. The first-order valence-corrected chi connectivity index (χ1v) is 4.98. The third kappa shape index (κ3) is 2.42. The van der Waals surface area contributed by atoms with E-state index in [0.29, 0.717) is 6.04 Å². The molecule has 1 saturated heterocycles. The summed E-state index contributed by atoms with van der Waals surface area (Å²) in [6.07, 6.45) is 1.94. The van der Waals surface area contributed by atoms with Crippen molar-refractivity contribution in [1.29, 1.82) is 0 Å². The summed E-state index contributed by atoms with van der Waals surface area (Å²) >= 11 is 0. The summed E-state index contributed by atoms with van der Waals surface area (Å²) in [5.74, 6) is -0.314. The molecular weight excluding hydrogens is 166 g/mol. The van der Waals surface area contributed by atoms with Gasteiger partial charge in [-0.3, -0.25) is 0 Å². The Bertz CT molecular complexity index is 145. The standard InChI is InChI=1S/C10H21NO2/c1-9(2)11-7-5-10(12-3,13-4)6-8-11/h9H,5-8H2,1-4H3. The van der Waals surface area contributed by atoms with Crippen molar-refractivity contribution >= 4 is 0 Å². The van der Waals surface area contributed by atoms with Crippen LogP contribution in [-0.4, -0.2) is 44.0 Å². The molecule has 0 unspecified atom stereocenters. The fourth-order valence-electron chi connectivity index (χ4n) is 1.87. The average Bonchev–Trinajstić information content (AvgIpc) is 2.18. The van der Waals surface area contributed by atoms with Gasteiger partial charge in [0.2, 0.25) is 0 Å². The maximum absolute atomic E-state index is 5.41. The Kier molecular flexibility index (Phi) is 3.71. The normalized spacial score (nSPS) is 23.8. The van der Waals surface area contributed by atoms with Crippen LogP contribution in [0, 0.1) is 0 Å². The molecule has 0 amide bonds. The van der Waals surface area contributed by atoms with Crippen LogP contribution >= 0.6 is 0 Å². The molecule has 0 bridgehead atoms. The highest BCUT2D eigenvalue weighted by molar-refractivity contribution is 4.80. The molecule has 1 heterocycles. The highest BCUT2D eigenvalue weighted by Gasteiger charge is 2.34. The molecule has 0 radical (unpaired) electrons. The van der Waals surface area contributed by atoms with Crippen LogP contribution in [0.2, 0.25) is 0 Å². The third-order valence-electron chi connectivity index (χ3n) is 3.03. The van der Waals surface area contributed by atoms with E-state index < -0.39 is 0 Å². The molecule has 0 N–H and O–H groups in total. The summed E-state index contributed by atoms with van der Waals surface area (Å²) in [4.78, 5) is 2.45. The first-order chi connectivity index (χ1) is 6.13. The Morgan fingerprint density at radius 2 is 1.54 bits per heavy atom. The summed E-state index contributed by atoms with van der Waals surface area (Å²) in [5, 5.41) is 0. The van der Waals surface area contributed by atoms with E-state index >= 15 is 0 Å². The van der Waals surface area contributed by atoms with Crippen molar-refractivity contribution in [2.45, 2.75) is 38.5 Å². The molecule has 1 aliphatic heterocycles. The topological polar surface area (TPSA) is 21.7 Å². The van der Waals surface area contributed by atoms with E-state index in [-0.39, 0.29) is 5.79 Å². The minimum absolute atomic E-state index is 0.314. The Morgan fingerprint density at radius 3 is 1.85 bits per heavy atom. The molecule has 78 valence electrons. The van der Waals surface area contributed by atoms with E-state index in [1.807, 2.05) is 0 Å². The van der Waals surface area contributed by atoms with E-state index in [1.165, 1.54) is 0 Å². The maximum atomic E-state index is 5.41. The number of piperidine rings is 1. The lowest BCUT2D eigenvalue weighted by Gasteiger charge is -2.41. The van der Waals surface area contributed by atoms with Gasteiger partial charge in [0.1, 0.15) is 0 Å². The molecule has 1 aliphatic rings. The Labute approximate surface area is 81.0 Å². The number of hydrogen-bond acceptors (Lipinski definition) is 3. The largest absolute Gasteiger partial charge is 0.353 e. The molecule has 0 aromatic carbocycles. The molecule has 1 fully saturated rings.